The van der Waals surface area contributed by atoms with Crippen LogP contribution in [0.2, 0.25) is 0 Å². The predicted molar refractivity (Wildman–Crippen MR) is 120 cm³/mol. The molecule has 0 aliphatic carbocycles. The zero-order valence-electron chi connectivity index (χ0n) is 17.3. The lowest BCUT2D eigenvalue weighted by Gasteiger charge is -2.08. The largest absolute Gasteiger partial charge is 0.506 e. The van der Waals surface area contributed by atoms with Gasteiger partial charge < -0.3 is 19.3 Å². The molecule has 0 aromatic heterocycles. The van der Waals surface area contributed by atoms with Crippen molar-refractivity contribution in [2.24, 2.45) is 4.99 Å². The molecular formula is C23H23NO5S. The Morgan fingerprint density at radius 3 is 2.43 bits per heavy atom. The Kier molecular flexibility index (Phi) is 6.84. The molecule has 0 radical (unpaired) electrons. The van der Waals surface area contributed by atoms with Crippen LogP contribution in [0.1, 0.15) is 18.1 Å². The van der Waals surface area contributed by atoms with Gasteiger partial charge in [-0.2, -0.15) is 0 Å². The number of carbonyl (C=O) groups is 1. The van der Waals surface area contributed by atoms with E-state index in [1.54, 1.807) is 39.4 Å². The number of ether oxygens (including phenoxy) is 3. The highest BCUT2D eigenvalue weighted by molar-refractivity contribution is 8.18. The summed E-state index contributed by atoms with van der Waals surface area (Å²) in [4.78, 5) is 17.6. The van der Waals surface area contributed by atoms with Gasteiger partial charge in [0.25, 0.3) is 0 Å². The highest BCUT2D eigenvalue weighted by atomic mass is 32.2. The average molecular weight is 426 g/mol. The molecular weight excluding hydrogens is 402 g/mol. The zero-order chi connectivity index (χ0) is 21.7. The summed E-state index contributed by atoms with van der Waals surface area (Å²) >= 11 is 1.21. The number of hydrogen-bond donors (Lipinski definition) is 1. The fraction of sp³-hybridized carbons (Fsp3) is 0.217. The number of benzene rings is 2. The first-order valence-electron chi connectivity index (χ1n) is 9.34. The van der Waals surface area contributed by atoms with Crippen molar-refractivity contribution in [2.45, 2.75) is 13.8 Å². The van der Waals surface area contributed by atoms with E-state index in [2.05, 4.69) is 4.99 Å². The van der Waals surface area contributed by atoms with Crippen LogP contribution in [0, 0.1) is 6.92 Å². The number of aliphatic imine (C=N–C) groups is 1. The van der Waals surface area contributed by atoms with E-state index >= 15 is 0 Å². The number of rotatable bonds is 6. The molecule has 0 saturated carbocycles. The first-order chi connectivity index (χ1) is 14.5. The Hall–Kier alpha value is -3.19. The molecule has 0 bridgehead atoms. The minimum atomic E-state index is -0.607. The zero-order valence-corrected chi connectivity index (χ0v) is 18.1. The van der Waals surface area contributed by atoms with Crippen LogP contribution in [-0.4, -0.2) is 36.9 Å². The van der Waals surface area contributed by atoms with Gasteiger partial charge >= 0.3 is 5.97 Å². The standard InChI is InChI=1S/C23H23NO5S/c1-5-29-23(26)20-21(25)19(13-15-8-11-17(27-3)18(12-15)28-4)30-22(20)24-16-9-6-14(2)7-10-16/h6-13,25H,5H2,1-4H3/b19-13+,24-22?. The Labute approximate surface area is 179 Å². The minimum Gasteiger partial charge on any atom is -0.506 e. The Balaban J connectivity index is 2.03. The predicted octanol–water partition coefficient (Wildman–Crippen LogP) is 5.21. The van der Waals surface area contributed by atoms with Gasteiger partial charge in [0, 0.05) is 0 Å². The van der Waals surface area contributed by atoms with Crippen LogP contribution in [0.25, 0.3) is 6.08 Å². The van der Waals surface area contributed by atoms with Crippen LogP contribution in [0.4, 0.5) is 5.69 Å². The quantitative estimate of drug-likeness (QED) is 0.641. The number of methoxy groups -OCH3 is 2. The van der Waals surface area contributed by atoms with Gasteiger partial charge in [-0.15, -0.1) is 0 Å². The molecule has 6 nitrogen and oxygen atoms in total. The van der Waals surface area contributed by atoms with Crippen LogP contribution in [0.15, 0.2) is 63.7 Å². The van der Waals surface area contributed by atoms with Crippen LogP contribution >= 0.6 is 11.8 Å². The van der Waals surface area contributed by atoms with Gasteiger partial charge in [0.05, 0.1) is 31.4 Å². The number of hydrogen-bond acceptors (Lipinski definition) is 7. The van der Waals surface area contributed by atoms with E-state index < -0.39 is 5.97 Å². The lowest BCUT2D eigenvalue weighted by molar-refractivity contribution is -0.138. The number of nitrogens with zero attached hydrogens (tertiary/aromatic N) is 1. The minimum absolute atomic E-state index is 0.0640. The first kappa shape index (κ1) is 21.5. The third kappa shape index (κ3) is 4.68. The fourth-order valence-electron chi connectivity index (χ4n) is 2.82. The van der Waals surface area contributed by atoms with Crippen LogP contribution < -0.4 is 9.47 Å². The summed E-state index contributed by atoms with van der Waals surface area (Å²) < 4.78 is 15.7. The fourth-order valence-corrected chi connectivity index (χ4v) is 3.86. The van der Waals surface area contributed by atoms with Crippen molar-refractivity contribution in [3.05, 3.63) is 69.8 Å². The van der Waals surface area contributed by atoms with Crippen molar-refractivity contribution in [1.82, 2.24) is 0 Å². The highest BCUT2D eigenvalue weighted by Gasteiger charge is 2.33. The van der Waals surface area contributed by atoms with Crippen molar-refractivity contribution >= 4 is 34.5 Å². The second-order valence-electron chi connectivity index (χ2n) is 6.42. The smallest absolute Gasteiger partial charge is 0.344 e. The third-order valence-electron chi connectivity index (χ3n) is 4.34. The van der Waals surface area contributed by atoms with E-state index in [0.29, 0.717) is 27.1 Å². The molecule has 0 unspecified atom stereocenters. The average Bonchev–Trinajstić information content (AvgIpc) is 3.04. The Morgan fingerprint density at radius 1 is 1.10 bits per heavy atom. The number of thioether (sulfide) groups is 1. The molecule has 1 aliphatic heterocycles. The van der Waals surface area contributed by atoms with Crippen LogP contribution in [0.3, 0.4) is 0 Å². The number of aliphatic hydroxyl groups excluding tert-OH is 1. The molecule has 30 heavy (non-hydrogen) atoms. The number of aryl methyl sites for hydroxylation is 1. The van der Waals surface area contributed by atoms with Gasteiger partial charge in [-0.05, 0) is 49.8 Å². The van der Waals surface area contributed by atoms with Crippen molar-refractivity contribution in [1.29, 1.82) is 0 Å². The molecule has 1 N–H and O–H groups in total. The normalized spacial score (nSPS) is 16.3. The molecule has 7 heteroatoms. The van der Waals surface area contributed by atoms with Crippen molar-refractivity contribution < 1.29 is 24.1 Å². The van der Waals surface area contributed by atoms with Crippen LogP contribution in [0.5, 0.6) is 11.5 Å². The summed E-state index contributed by atoms with van der Waals surface area (Å²) in [6.45, 7) is 3.91. The van der Waals surface area contributed by atoms with Gasteiger partial charge in [-0.1, -0.05) is 35.5 Å². The van der Waals surface area contributed by atoms with E-state index in [1.165, 1.54) is 11.8 Å². The molecule has 0 saturated heterocycles. The van der Waals surface area contributed by atoms with E-state index in [4.69, 9.17) is 14.2 Å². The van der Waals surface area contributed by atoms with Crippen molar-refractivity contribution in [3.63, 3.8) is 0 Å². The lowest BCUT2D eigenvalue weighted by atomic mass is 10.1. The topological polar surface area (TPSA) is 77.4 Å². The van der Waals surface area contributed by atoms with Gasteiger partial charge in [0.1, 0.15) is 16.4 Å². The molecule has 0 amide bonds. The number of aliphatic hydroxyl groups is 1. The second-order valence-corrected chi connectivity index (χ2v) is 7.45. The SMILES string of the molecule is CCOC(=O)C1=C(O)/C(=C\c2ccc(OC)c(OC)c2)SC1=Nc1ccc(C)cc1. The summed E-state index contributed by atoms with van der Waals surface area (Å²) in [6, 6.07) is 13.0. The molecule has 3 rings (SSSR count). The maximum atomic E-state index is 12.5. The van der Waals surface area contributed by atoms with Gasteiger partial charge in [0.2, 0.25) is 0 Å². The molecule has 156 valence electrons. The monoisotopic (exact) mass is 425 g/mol. The summed E-state index contributed by atoms with van der Waals surface area (Å²) in [5.41, 5.74) is 2.64. The first-order valence-corrected chi connectivity index (χ1v) is 10.2. The molecule has 1 aliphatic rings. The molecule has 2 aromatic rings. The van der Waals surface area contributed by atoms with Gasteiger partial charge in [-0.3, -0.25) is 0 Å². The Bertz CT molecular complexity index is 1040. The molecule has 0 fully saturated rings. The van der Waals surface area contributed by atoms with E-state index in [1.807, 2.05) is 37.3 Å². The second kappa shape index (κ2) is 9.54. The lowest BCUT2D eigenvalue weighted by Crippen LogP contribution is -2.12. The Morgan fingerprint density at radius 2 is 1.80 bits per heavy atom. The molecule has 0 atom stereocenters. The molecule has 0 spiro atoms. The van der Waals surface area contributed by atoms with Gasteiger partial charge in [-0.25, -0.2) is 9.79 Å². The summed E-state index contributed by atoms with van der Waals surface area (Å²) in [5, 5.41) is 11.2. The van der Waals surface area contributed by atoms with Gasteiger partial charge in [0.15, 0.2) is 11.5 Å². The summed E-state index contributed by atoms with van der Waals surface area (Å²) in [6.07, 6.45) is 1.76. The maximum absolute atomic E-state index is 12.5. The van der Waals surface area contributed by atoms with E-state index in [-0.39, 0.29) is 17.9 Å². The highest BCUT2D eigenvalue weighted by Crippen LogP contribution is 2.41. The number of carbonyl (C=O) groups excluding carboxylic acids is 1. The molecule has 1 heterocycles. The van der Waals surface area contributed by atoms with E-state index in [0.717, 1.165) is 11.1 Å². The van der Waals surface area contributed by atoms with Crippen LogP contribution in [-0.2, 0) is 9.53 Å². The van der Waals surface area contributed by atoms with Crippen molar-refractivity contribution in [2.75, 3.05) is 20.8 Å². The number of esters is 1. The molecule has 2 aromatic carbocycles. The summed E-state index contributed by atoms with van der Waals surface area (Å²) in [7, 11) is 3.12. The summed E-state index contributed by atoms with van der Waals surface area (Å²) in [5.74, 6) is 0.410. The van der Waals surface area contributed by atoms with E-state index in [9.17, 15) is 9.90 Å². The third-order valence-corrected chi connectivity index (χ3v) is 5.36. The maximum Gasteiger partial charge on any atom is 0.344 e. The van der Waals surface area contributed by atoms with Crippen molar-refractivity contribution in [3.8, 4) is 11.5 Å².